The van der Waals surface area contributed by atoms with Gasteiger partial charge in [0.1, 0.15) is 17.0 Å². The average Bonchev–Trinajstić information content (AvgIpc) is 3.08. The first-order chi connectivity index (χ1) is 14.5. The minimum Gasteiger partial charge on any atom is -0.369 e. The Morgan fingerprint density at radius 1 is 0.967 bits per heavy atom. The molecule has 0 aliphatic rings. The number of nitrogens with one attached hydrogen (secondary N) is 2. The minimum absolute atomic E-state index is 0.0185. The number of nitrogens with zero attached hydrogens (tertiary/aromatic N) is 2. The highest BCUT2D eigenvalue weighted by atomic mass is 32.1. The van der Waals surface area contributed by atoms with Crippen LogP contribution in [0.1, 0.15) is 22.4 Å². The highest BCUT2D eigenvalue weighted by Crippen LogP contribution is 2.40. The lowest BCUT2D eigenvalue weighted by molar-refractivity contribution is -0.115. The largest absolute Gasteiger partial charge is 0.369 e. The van der Waals surface area contributed by atoms with Crippen molar-refractivity contribution in [3.05, 3.63) is 70.9 Å². The van der Waals surface area contributed by atoms with E-state index in [1.807, 2.05) is 50.2 Å². The topological polar surface area (TPSA) is 66.9 Å². The molecule has 0 unspecified atom stereocenters. The smallest absolute Gasteiger partial charge is 0.226 e. The van der Waals surface area contributed by atoms with Crippen molar-refractivity contribution in [1.29, 1.82) is 0 Å². The number of aromatic nitrogens is 2. The number of benzene rings is 2. The number of carbonyl (C=O) groups excluding carboxylic acids is 1. The fraction of sp³-hybridized carbons (Fsp3) is 0.208. The normalized spacial score (nSPS) is 10.9. The molecule has 152 valence electrons. The summed E-state index contributed by atoms with van der Waals surface area (Å²) in [5.41, 5.74) is 5.32. The zero-order chi connectivity index (χ0) is 21.1. The Morgan fingerprint density at radius 3 is 2.43 bits per heavy atom. The van der Waals surface area contributed by atoms with E-state index in [0.717, 1.165) is 44.0 Å². The number of carbonyl (C=O) groups is 1. The van der Waals surface area contributed by atoms with E-state index >= 15 is 0 Å². The molecule has 0 fully saturated rings. The number of hydrogen-bond donors (Lipinski definition) is 2. The second-order valence-electron chi connectivity index (χ2n) is 7.29. The maximum absolute atomic E-state index is 12.5. The van der Waals surface area contributed by atoms with Gasteiger partial charge in [-0.15, -0.1) is 11.3 Å². The van der Waals surface area contributed by atoms with Crippen LogP contribution in [0.2, 0.25) is 0 Å². The van der Waals surface area contributed by atoms with Gasteiger partial charge in [0.2, 0.25) is 5.91 Å². The zero-order valence-corrected chi connectivity index (χ0v) is 18.1. The van der Waals surface area contributed by atoms with Gasteiger partial charge < -0.3 is 10.6 Å². The molecule has 4 aromatic rings. The van der Waals surface area contributed by atoms with Crippen LogP contribution < -0.4 is 10.6 Å². The van der Waals surface area contributed by atoms with Gasteiger partial charge in [-0.3, -0.25) is 4.79 Å². The highest BCUT2D eigenvalue weighted by molar-refractivity contribution is 7.19. The van der Waals surface area contributed by atoms with E-state index in [1.165, 1.54) is 4.88 Å². The van der Waals surface area contributed by atoms with E-state index in [2.05, 4.69) is 39.7 Å². The standard InChI is InChI=1S/C24H24N4OS/c1-15-8-7-9-16(2)22(15)28-19(29)12-13-25-23-21-20(18-10-5-4-6-11-18)17(3)30-24(21)27-14-26-23/h4-11,14H,12-13H2,1-3H3,(H,28,29)(H,25,26,27). The van der Waals surface area contributed by atoms with Gasteiger partial charge >= 0.3 is 0 Å². The van der Waals surface area contributed by atoms with Crippen LogP contribution >= 0.6 is 11.3 Å². The molecule has 0 radical (unpaired) electrons. The van der Waals surface area contributed by atoms with E-state index < -0.39 is 0 Å². The summed E-state index contributed by atoms with van der Waals surface area (Å²) in [7, 11) is 0. The molecule has 2 aromatic heterocycles. The van der Waals surface area contributed by atoms with Crippen molar-refractivity contribution in [3.8, 4) is 11.1 Å². The molecule has 0 saturated carbocycles. The number of amides is 1. The molecule has 1 amide bonds. The van der Waals surface area contributed by atoms with Crippen LogP contribution in [0.25, 0.3) is 21.3 Å². The maximum Gasteiger partial charge on any atom is 0.226 e. The van der Waals surface area contributed by atoms with Crippen molar-refractivity contribution in [3.63, 3.8) is 0 Å². The minimum atomic E-state index is -0.0185. The number of hydrogen-bond acceptors (Lipinski definition) is 5. The molecule has 0 atom stereocenters. The average molecular weight is 417 g/mol. The van der Waals surface area contributed by atoms with Crippen LogP contribution in [-0.4, -0.2) is 22.4 Å². The van der Waals surface area contributed by atoms with Crippen molar-refractivity contribution in [1.82, 2.24) is 9.97 Å². The number of fused-ring (bicyclic) bond motifs is 1. The van der Waals surface area contributed by atoms with Gasteiger partial charge in [-0.25, -0.2) is 9.97 Å². The van der Waals surface area contributed by atoms with E-state index in [-0.39, 0.29) is 5.91 Å². The molecule has 0 saturated heterocycles. The maximum atomic E-state index is 12.5. The molecule has 6 heteroatoms. The van der Waals surface area contributed by atoms with E-state index in [9.17, 15) is 4.79 Å². The predicted octanol–water partition coefficient (Wildman–Crippen LogP) is 5.72. The van der Waals surface area contributed by atoms with Crippen LogP contribution in [-0.2, 0) is 4.79 Å². The van der Waals surface area contributed by atoms with E-state index in [4.69, 9.17) is 0 Å². The summed E-state index contributed by atoms with van der Waals surface area (Å²) in [5.74, 6) is 0.748. The van der Waals surface area contributed by atoms with Crippen LogP contribution in [0.4, 0.5) is 11.5 Å². The number of anilines is 2. The number of para-hydroxylation sites is 1. The lowest BCUT2D eigenvalue weighted by atomic mass is 10.0. The molecule has 4 rings (SSSR count). The second kappa shape index (κ2) is 8.63. The lowest BCUT2D eigenvalue weighted by Gasteiger charge is -2.12. The third-order valence-corrected chi connectivity index (χ3v) is 6.13. The molecule has 0 aliphatic heterocycles. The number of aryl methyl sites for hydroxylation is 3. The fourth-order valence-corrected chi connectivity index (χ4v) is 4.65. The molecule has 2 N–H and O–H groups in total. The zero-order valence-electron chi connectivity index (χ0n) is 17.3. The van der Waals surface area contributed by atoms with Crippen LogP contribution in [0.15, 0.2) is 54.9 Å². The van der Waals surface area contributed by atoms with E-state index in [0.29, 0.717) is 13.0 Å². The molecule has 30 heavy (non-hydrogen) atoms. The van der Waals surface area contributed by atoms with Crippen LogP contribution in [0.5, 0.6) is 0 Å². The van der Waals surface area contributed by atoms with Crippen molar-refractivity contribution < 1.29 is 4.79 Å². The van der Waals surface area contributed by atoms with Crippen molar-refractivity contribution in [2.75, 3.05) is 17.2 Å². The molecule has 2 heterocycles. The summed E-state index contributed by atoms with van der Waals surface area (Å²) in [6, 6.07) is 16.3. The monoisotopic (exact) mass is 416 g/mol. The number of rotatable bonds is 6. The molecule has 0 spiro atoms. The SMILES string of the molecule is Cc1cccc(C)c1NC(=O)CCNc1ncnc2sc(C)c(-c3ccccc3)c12. The summed E-state index contributed by atoms with van der Waals surface area (Å²) in [6.45, 7) is 6.60. The van der Waals surface area contributed by atoms with Gasteiger partial charge in [-0.05, 0) is 37.5 Å². The summed E-state index contributed by atoms with van der Waals surface area (Å²) in [5, 5.41) is 7.40. The molecular weight excluding hydrogens is 392 g/mol. The number of thiophene rings is 1. The predicted molar refractivity (Wildman–Crippen MR) is 125 cm³/mol. The summed E-state index contributed by atoms with van der Waals surface area (Å²) in [6.07, 6.45) is 1.93. The van der Waals surface area contributed by atoms with Crippen molar-refractivity contribution >= 4 is 39.0 Å². The first kappa shape index (κ1) is 20.0. The second-order valence-corrected chi connectivity index (χ2v) is 8.50. The van der Waals surface area contributed by atoms with Crippen molar-refractivity contribution in [2.24, 2.45) is 0 Å². The molecular formula is C24H24N4OS. The summed E-state index contributed by atoms with van der Waals surface area (Å²) >= 11 is 1.66. The molecule has 2 aromatic carbocycles. The third-order valence-electron chi connectivity index (χ3n) is 5.12. The Labute approximate surface area is 180 Å². The Morgan fingerprint density at radius 2 is 1.70 bits per heavy atom. The third kappa shape index (κ3) is 4.04. The Bertz CT molecular complexity index is 1180. The quantitative estimate of drug-likeness (QED) is 0.422. The highest BCUT2D eigenvalue weighted by Gasteiger charge is 2.16. The molecule has 0 aliphatic carbocycles. The summed E-state index contributed by atoms with van der Waals surface area (Å²) in [4.78, 5) is 23.6. The van der Waals surface area contributed by atoms with Gasteiger partial charge in [0.15, 0.2) is 0 Å². The van der Waals surface area contributed by atoms with Gasteiger partial charge in [0.05, 0.1) is 5.39 Å². The van der Waals surface area contributed by atoms with Gasteiger partial charge in [0.25, 0.3) is 0 Å². The van der Waals surface area contributed by atoms with Crippen molar-refractivity contribution in [2.45, 2.75) is 27.2 Å². The van der Waals surface area contributed by atoms with E-state index in [1.54, 1.807) is 17.7 Å². The van der Waals surface area contributed by atoms with Gasteiger partial charge in [0, 0.05) is 29.1 Å². The van der Waals surface area contributed by atoms with Gasteiger partial charge in [-0.1, -0.05) is 48.5 Å². The Kier molecular flexibility index (Phi) is 5.77. The molecule has 5 nitrogen and oxygen atoms in total. The fourth-order valence-electron chi connectivity index (χ4n) is 3.64. The Balaban J connectivity index is 1.52. The van der Waals surface area contributed by atoms with Crippen LogP contribution in [0.3, 0.4) is 0 Å². The van der Waals surface area contributed by atoms with Gasteiger partial charge in [-0.2, -0.15) is 0 Å². The summed E-state index contributed by atoms with van der Waals surface area (Å²) < 4.78 is 0. The van der Waals surface area contributed by atoms with Crippen LogP contribution in [0, 0.1) is 20.8 Å². The lowest BCUT2D eigenvalue weighted by Crippen LogP contribution is -2.17. The first-order valence-electron chi connectivity index (χ1n) is 9.94. The first-order valence-corrected chi connectivity index (χ1v) is 10.8. The molecule has 0 bridgehead atoms. The Hall–Kier alpha value is -3.25.